The summed E-state index contributed by atoms with van der Waals surface area (Å²) in [6, 6.07) is 7.77. The Morgan fingerprint density at radius 3 is 2.92 bits per heavy atom. The molecule has 0 aliphatic carbocycles. The van der Waals surface area contributed by atoms with Crippen LogP contribution in [-0.2, 0) is 9.53 Å². The first-order chi connectivity index (χ1) is 6.27. The number of carbonyl (C=O) groups excluding carboxylic acids is 1. The maximum atomic E-state index is 10.3. The van der Waals surface area contributed by atoms with Gasteiger partial charge in [0, 0.05) is 18.0 Å². The van der Waals surface area contributed by atoms with Crippen molar-refractivity contribution in [2.75, 3.05) is 7.11 Å². The minimum atomic E-state index is -0.130. The van der Waals surface area contributed by atoms with Gasteiger partial charge >= 0.3 is 0 Å². The molecule has 13 heavy (non-hydrogen) atoms. The highest BCUT2D eigenvalue weighted by atomic mass is 79.9. The topological polar surface area (TPSA) is 26.3 Å². The molecule has 2 nitrogen and oxygen atoms in total. The first-order valence-corrected chi connectivity index (χ1v) is 4.79. The molecule has 0 saturated carbocycles. The Morgan fingerprint density at radius 2 is 2.38 bits per heavy atom. The second-order valence-electron chi connectivity index (χ2n) is 2.68. The fourth-order valence-electron chi connectivity index (χ4n) is 1.16. The van der Waals surface area contributed by atoms with E-state index in [4.69, 9.17) is 4.74 Å². The van der Waals surface area contributed by atoms with E-state index >= 15 is 0 Å². The minimum absolute atomic E-state index is 0.130. The molecule has 0 spiro atoms. The number of benzene rings is 1. The van der Waals surface area contributed by atoms with Gasteiger partial charge in [-0.2, -0.15) is 0 Å². The summed E-state index contributed by atoms with van der Waals surface area (Å²) >= 11 is 3.37. The maximum Gasteiger partial charge on any atom is 0.122 e. The summed E-state index contributed by atoms with van der Waals surface area (Å²) in [6.45, 7) is 0. The highest BCUT2D eigenvalue weighted by Gasteiger charge is 2.09. The highest BCUT2D eigenvalue weighted by Crippen LogP contribution is 2.22. The van der Waals surface area contributed by atoms with E-state index in [9.17, 15) is 4.79 Å². The molecule has 3 heteroatoms. The summed E-state index contributed by atoms with van der Waals surface area (Å²) in [6.07, 6.45) is 1.14. The van der Waals surface area contributed by atoms with Gasteiger partial charge < -0.3 is 9.53 Å². The van der Waals surface area contributed by atoms with Gasteiger partial charge in [-0.3, -0.25) is 0 Å². The Kier molecular flexibility index (Phi) is 4.12. The Labute approximate surface area is 86.0 Å². The third kappa shape index (κ3) is 2.94. The fraction of sp³-hybridized carbons (Fsp3) is 0.300. The van der Waals surface area contributed by atoms with Gasteiger partial charge in [-0.25, -0.2) is 0 Å². The molecule has 1 aromatic rings. The Balaban J connectivity index is 2.84. The maximum absolute atomic E-state index is 10.3. The quantitative estimate of drug-likeness (QED) is 0.760. The molecule has 0 N–H and O–H groups in total. The predicted molar refractivity (Wildman–Crippen MR) is 54.6 cm³/mol. The summed E-state index contributed by atoms with van der Waals surface area (Å²) < 4.78 is 6.18. The van der Waals surface area contributed by atoms with Crippen molar-refractivity contribution in [2.24, 2.45) is 0 Å². The molecule has 0 saturated heterocycles. The number of halogens is 1. The average Bonchev–Trinajstić information content (AvgIpc) is 2.14. The van der Waals surface area contributed by atoms with E-state index in [1.807, 2.05) is 24.3 Å². The standard InChI is InChI=1S/C10H11BrO2/c1-13-10(5-6-12)8-3-2-4-9(11)7-8/h2-4,6-7,10H,5H2,1H3. The number of hydrogen-bond acceptors (Lipinski definition) is 2. The number of hydrogen-bond donors (Lipinski definition) is 0. The minimum Gasteiger partial charge on any atom is -0.376 e. The average molecular weight is 243 g/mol. The molecule has 0 fully saturated rings. The Morgan fingerprint density at radius 1 is 1.62 bits per heavy atom. The summed E-state index contributed by atoms with van der Waals surface area (Å²) in [5.41, 5.74) is 1.02. The van der Waals surface area contributed by atoms with Crippen LogP contribution < -0.4 is 0 Å². The predicted octanol–water partition coefficient (Wildman–Crippen LogP) is 2.73. The molecule has 1 atom stereocenters. The molecule has 0 radical (unpaired) electrons. The normalized spacial score (nSPS) is 12.5. The second kappa shape index (κ2) is 5.14. The highest BCUT2D eigenvalue weighted by molar-refractivity contribution is 9.10. The van der Waals surface area contributed by atoms with E-state index in [0.29, 0.717) is 6.42 Å². The van der Waals surface area contributed by atoms with Crippen LogP contribution in [0.25, 0.3) is 0 Å². The number of aldehydes is 1. The number of rotatable bonds is 4. The third-order valence-electron chi connectivity index (χ3n) is 1.82. The molecule has 0 heterocycles. The monoisotopic (exact) mass is 242 g/mol. The van der Waals surface area contributed by atoms with Crippen LogP contribution in [0.3, 0.4) is 0 Å². The van der Waals surface area contributed by atoms with Crippen molar-refractivity contribution >= 4 is 22.2 Å². The van der Waals surface area contributed by atoms with Crippen LogP contribution in [-0.4, -0.2) is 13.4 Å². The lowest BCUT2D eigenvalue weighted by Gasteiger charge is -2.12. The van der Waals surface area contributed by atoms with E-state index in [1.54, 1.807) is 7.11 Å². The van der Waals surface area contributed by atoms with Gasteiger partial charge in [-0.1, -0.05) is 28.1 Å². The molecule has 0 bridgehead atoms. The van der Waals surface area contributed by atoms with Crippen LogP contribution in [0.5, 0.6) is 0 Å². The van der Waals surface area contributed by atoms with Gasteiger partial charge in [-0.15, -0.1) is 0 Å². The van der Waals surface area contributed by atoms with Crippen LogP contribution in [0.1, 0.15) is 18.1 Å². The van der Waals surface area contributed by atoms with Gasteiger partial charge in [0.2, 0.25) is 0 Å². The lowest BCUT2D eigenvalue weighted by Crippen LogP contribution is -2.01. The van der Waals surface area contributed by atoms with E-state index in [1.165, 1.54) is 0 Å². The van der Waals surface area contributed by atoms with Crippen LogP contribution in [0.2, 0.25) is 0 Å². The third-order valence-corrected chi connectivity index (χ3v) is 2.31. The largest absolute Gasteiger partial charge is 0.376 e. The number of methoxy groups -OCH3 is 1. The second-order valence-corrected chi connectivity index (χ2v) is 3.60. The summed E-state index contributed by atoms with van der Waals surface area (Å²) in [4.78, 5) is 10.3. The van der Waals surface area contributed by atoms with Crippen LogP contribution in [0.4, 0.5) is 0 Å². The molecule has 1 rings (SSSR count). The van der Waals surface area contributed by atoms with E-state index in [-0.39, 0.29) is 6.10 Å². The van der Waals surface area contributed by atoms with Gasteiger partial charge in [0.1, 0.15) is 6.29 Å². The zero-order chi connectivity index (χ0) is 9.68. The van der Waals surface area contributed by atoms with E-state index in [0.717, 1.165) is 16.3 Å². The molecule has 70 valence electrons. The van der Waals surface area contributed by atoms with Crippen molar-refractivity contribution in [2.45, 2.75) is 12.5 Å². The Bertz CT molecular complexity index is 286. The number of ether oxygens (including phenoxy) is 1. The van der Waals surface area contributed by atoms with Crippen molar-refractivity contribution < 1.29 is 9.53 Å². The molecular weight excluding hydrogens is 232 g/mol. The summed E-state index contributed by atoms with van der Waals surface area (Å²) in [7, 11) is 1.61. The van der Waals surface area contributed by atoms with Gasteiger partial charge in [0.25, 0.3) is 0 Å². The molecule has 1 aromatic carbocycles. The van der Waals surface area contributed by atoms with Crippen molar-refractivity contribution in [1.82, 2.24) is 0 Å². The fourth-order valence-corrected chi connectivity index (χ4v) is 1.58. The van der Waals surface area contributed by atoms with Crippen LogP contribution in [0.15, 0.2) is 28.7 Å². The molecule has 0 aliphatic rings. The summed E-state index contributed by atoms with van der Waals surface area (Å²) in [5.74, 6) is 0. The Hall–Kier alpha value is -0.670. The van der Waals surface area contributed by atoms with Crippen molar-refractivity contribution in [3.05, 3.63) is 34.3 Å². The van der Waals surface area contributed by atoms with Crippen LogP contribution >= 0.6 is 15.9 Å². The molecule has 0 amide bonds. The lowest BCUT2D eigenvalue weighted by molar-refractivity contribution is -0.110. The molecule has 0 aliphatic heterocycles. The molecule has 0 aromatic heterocycles. The van der Waals surface area contributed by atoms with Gasteiger partial charge in [0.15, 0.2) is 0 Å². The summed E-state index contributed by atoms with van der Waals surface area (Å²) in [5, 5.41) is 0. The SMILES string of the molecule is COC(CC=O)c1cccc(Br)c1. The lowest BCUT2D eigenvalue weighted by atomic mass is 10.1. The first kappa shape index (κ1) is 10.4. The zero-order valence-corrected chi connectivity index (χ0v) is 8.95. The van der Waals surface area contributed by atoms with E-state index in [2.05, 4.69) is 15.9 Å². The van der Waals surface area contributed by atoms with Crippen molar-refractivity contribution in [3.8, 4) is 0 Å². The van der Waals surface area contributed by atoms with Crippen molar-refractivity contribution in [1.29, 1.82) is 0 Å². The van der Waals surface area contributed by atoms with Gasteiger partial charge in [0.05, 0.1) is 6.10 Å². The van der Waals surface area contributed by atoms with Gasteiger partial charge in [-0.05, 0) is 17.7 Å². The zero-order valence-electron chi connectivity index (χ0n) is 7.37. The smallest absolute Gasteiger partial charge is 0.122 e. The first-order valence-electron chi connectivity index (χ1n) is 4.00. The van der Waals surface area contributed by atoms with Crippen molar-refractivity contribution in [3.63, 3.8) is 0 Å². The van der Waals surface area contributed by atoms with E-state index < -0.39 is 0 Å². The molecule has 1 unspecified atom stereocenters. The molecular formula is C10H11BrO2. The van der Waals surface area contributed by atoms with Crippen LogP contribution in [0, 0.1) is 0 Å². The number of carbonyl (C=O) groups is 1.